The van der Waals surface area contributed by atoms with Gasteiger partial charge in [0.2, 0.25) is 0 Å². The van der Waals surface area contributed by atoms with Gasteiger partial charge in [0.25, 0.3) is 5.69 Å². The largest absolute Gasteiger partial charge is 0.314 e. The molecule has 0 amide bonds. The lowest BCUT2D eigenvalue weighted by Crippen LogP contribution is -2.45. The molecule has 1 N–H and O–H groups in total. The lowest BCUT2D eigenvalue weighted by atomic mass is 10.0. The second-order valence-corrected chi connectivity index (χ2v) is 4.56. The average Bonchev–Trinajstić information content (AvgIpc) is 2.41. The fourth-order valence-electron chi connectivity index (χ4n) is 2.54. The van der Waals surface area contributed by atoms with E-state index in [2.05, 4.69) is 17.1 Å². The zero-order chi connectivity index (χ0) is 13.0. The first-order valence-electron chi connectivity index (χ1n) is 6.41. The van der Waals surface area contributed by atoms with Crippen LogP contribution in [-0.2, 0) is 0 Å². The topological polar surface area (TPSA) is 58.4 Å². The average molecular weight is 322 g/mol. The van der Waals surface area contributed by atoms with Crippen molar-refractivity contribution >= 4 is 30.5 Å². The Hall–Kier alpha value is -0.880. The highest BCUT2D eigenvalue weighted by molar-refractivity contribution is 5.85. The van der Waals surface area contributed by atoms with Crippen LogP contribution in [0.4, 0.5) is 5.69 Å². The van der Waals surface area contributed by atoms with Gasteiger partial charge in [-0.15, -0.1) is 24.8 Å². The molecule has 1 aromatic rings. The lowest BCUT2D eigenvalue weighted by Gasteiger charge is -2.34. The Morgan fingerprint density at radius 2 is 2.00 bits per heavy atom. The van der Waals surface area contributed by atoms with Crippen LogP contribution in [-0.4, -0.2) is 36.0 Å². The van der Waals surface area contributed by atoms with Crippen LogP contribution in [0.3, 0.4) is 0 Å². The quantitative estimate of drug-likeness (QED) is 0.684. The molecule has 1 aliphatic heterocycles. The standard InChI is InChI=1S/C13H19N3O2.2ClH/c1-2-13(15-8-6-14-7-9-15)11-4-3-5-12(10-11)16(17)18;;/h3-5,10,13-14H,2,6-9H2,1H3;2*1H/t13-;;/m1../s1. The lowest BCUT2D eigenvalue weighted by molar-refractivity contribution is -0.385. The third kappa shape index (κ3) is 4.59. The molecule has 2 rings (SSSR count). The minimum atomic E-state index is -0.325. The number of nitro benzene ring substituents is 1. The molecule has 0 unspecified atom stereocenters. The molecule has 7 heteroatoms. The molecule has 5 nitrogen and oxygen atoms in total. The first-order chi connectivity index (χ1) is 8.72. The predicted octanol–water partition coefficient (Wildman–Crippen LogP) is 2.79. The van der Waals surface area contributed by atoms with Crippen molar-refractivity contribution in [1.82, 2.24) is 10.2 Å². The molecule has 1 heterocycles. The summed E-state index contributed by atoms with van der Waals surface area (Å²) in [6.45, 7) is 6.12. The van der Waals surface area contributed by atoms with Crippen LogP contribution in [0.2, 0.25) is 0 Å². The summed E-state index contributed by atoms with van der Waals surface area (Å²) in [6.07, 6.45) is 0.973. The number of rotatable bonds is 4. The van der Waals surface area contributed by atoms with Gasteiger partial charge in [-0.25, -0.2) is 0 Å². The SMILES string of the molecule is CC[C@H](c1cccc([N+](=O)[O-])c1)N1CCNCC1.Cl.Cl. The second-order valence-electron chi connectivity index (χ2n) is 4.56. The van der Waals surface area contributed by atoms with Crippen molar-refractivity contribution in [2.24, 2.45) is 0 Å². The van der Waals surface area contributed by atoms with Gasteiger partial charge in [-0.3, -0.25) is 15.0 Å². The maximum absolute atomic E-state index is 10.8. The van der Waals surface area contributed by atoms with E-state index in [0.717, 1.165) is 38.2 Å². The van der Waals surface area contributed by atoms with Crippen molar-refractivity contribution in [2.45, 2.75) is 19.4 Å². The van der Waals surface area contributed by atoms with E-state index in [9.17, 15) is 10.1 Å². The molecule has 114 valence electrons. The number of nitrogens with one attached hydrogen (secondary N) is 1. The van der Waals surface area contributed by atoms with E-state index >= 15 is 0 Å². The van der Waals surface area contributed by atoms with Gasteiger partial charge >= 0.3 is 0 Å². The van der Waals surface area contributed by atoms with E-state index < -0.39 is 0 Å². The molecule has 0 spiro atoms. The van der Waals surface area contributed by atoms with Crippen molar-refractivity contribution in [3.8, 4) is 0 Å². The zero-order valence-electron chi connectivity index (χ0n) is 11.4. The van der Waals surface area contributed by atoms with E-state index in [1.807, 2.05) is 6.07 Å². The number of piperazine rings is 1. The van der Waals surface area contributed by atoms with Gasteiger partial charge in [0.1, 0.15) is 0 Å². The Labute approximate surface area is 131 Å². The van der Waals surface area contributed by atoms with Gasteiger partial charge in [-0.1, -0.05) is 19.1 Å². The van der Waals surface area contributed by atoms with Crippen molar-refractivity contribution in [3.05, 3.63) is 39.9 Å². The molecule has 1 aliphatic rings. The molecular weight excluding hydrogens is 301 g/mol. The van der Waals surface area contributed by atoms with Gasteiger partial charge in [-0.2, -0.15) is 0 Å². The number of hydrogen-bond acceptors (Lipinski definition) is 4. The van der Waals surface area contributed by atoms with E-state index in [4.69, 9.17) is 0 Å². The van der Waals surface area contributed by atoms with E-state index in [-0.39, 0.29) is 41.5 Å². The summed E-state index contributed by atoms with van der Waals surface area (Å²) < 4.78 is 0. The normalized spacial score (nSPS) is 16.6. The van der Waals surface area contributed by atoms with Crippen molar-refractivity contribution in [1.29, 1.82) is 0 Å². The number of benzene rings is 1. The number of halogens is 2. The van der Waals surface area contributed by atoms with E-state index in [1.54, 1.807) is 18.2 Å². The summed E-state index contributed by atoms with van der Waals surface area (Å²) in [4.78, 5) is 12.9. The second kappa shape index (κ2) is 9.13. The molecular formula is C13H21Cl2N3O2. The van der Waals surface area contributed by atoms with Crippen LogP contribution in [0, 0.1) is 10.1 Å². The first kappa shape index (κ1) is 19.1. The van der Waals surface area contributed by atoms with Gasteiger partial charge in [-0.05, 0) is 12.0 Å². The maximum atomic E-state index is 10.8. The minimum Gasteiger partial charge on any atom is -0.314 e. The Morgan fingerprint density at radius 3 is 2.55 bits per heavy atom. The van der Waals surface area contributed by atoms with Gasteiger partial charge < -0.3 is 5.32 Å². The molecule has 1 fully saturated rings. The van der Waals surface area contributed by atoms with Crippen molar-refractivity contribution in [2.75, 3.05) is 26.2 Å². The van der Waals surface area contributed by atoms with Crippen LogP contribution in [0.5, 0.6) is 0 Å². The molecule has 0 saturated carbocycles. The van der Waals surface area contributed by atoms with Crippen molar-refractivity contribution < 1.29 is 4.92 Å². The molecule has 1 atom stereocenters. The third-order valence-corrected chi connectivity index (χ3v) is 3.44. The maximum Gasteiger partial charge on any atom is 0.269 e. The van der Waals surface area contributed by atoms with Gasteiger partial charge in [0.15, 0.2) is 0 Å². The van der Waals surface area contributed by atoms with Gasteiger partial charge in [0, 0.05) is 44.4 Å². The fraction of sp³-hybridized carbons (Fsp3) is 0.538. The first-order valence-corrected chi connectivity index (χ1v) is 6.41. The fourth-order valence-corrected chi connectivity index (χ4v) is 2.54. The summed E-state index contributed by atoms with van der Waals surface area (Å²) in [5, 5.41) is 14.1. The molecule has 0 aliphatic carbocycles. The van der Waals surface area contributed by atoms with Gasteiger partial charge in [0.05, 0.1) is 4.92 Å². The Balaban J connectivity index is 0.00000180. The summed E-state index contributed by atoms with van der Waals surface area (Å²) in [5.41, 5.74) is 1.23. The monoisotopic (exact) mass is 321 g/mol. The molecule has 1 aromatic carbocycles. The molecule has 0 aromatic heterocycles. The molecule has 20 heavy (non-hydrogen) atoms. The van der Waals surface area contributed by atoms with Crippen LogP contribution in [0.1, 0.15) is 24.9 Å². The molecule has 0 bridgehead atoms. The van der Waals surface area contributed by atoms with E-state index in [1.165, 1.54) is 0 Å². The summed E-state index contributed by atoms with van der Waals surface area (Å²) >= 11 is 0. The summed E-state index contributed by atoms with van der Waals surface area (Å²) in [5.74, 6) is 0. The molecule has 0 radical (unpaired) electrons. The number of hydrogen-bond donors (Lipinski definition) is 1. The predicted molar refractivity (Wildman–Crippen MR) is 85.1 cm³/mol. The Morgan fingerprint density at radius 1 is 1.35 bits per heavy atom. The highest BCUT2D eigenvalue weighted by atomic mass is 35.5. The van der Waals surface area contributed by atoms with E-state index in [0.29, 0.717) is 0 Å². The Kier molecular flexibility index (Phi) is 8.73. The van der Waals surface area contributed by atoms with Crippen molar-refractivity contribution in [3.63, 3.8) is 0 Å². The summed E-state index contributed by atoms with van der Waals surface area (Å²) in [6, 6.07) is 7.30. The third-order valence-electron chi connectivity index (χ3n) is 3.44. The smallest absolute Gasteiger partial charge is 0.269 e. The number of nitrogens with zero attached hydrogens (tertiary/aromatic N) is 2. The Bertz CT molecular complexity index is 426. The minimum absolute atomic E-state index is 0. The molecule has 1 saturated heterocycles. The number of nitro groups is 1. The highest BCUT2D eigenvalue weighted by Gasteiger charge is 2.21. The summed E-state index contributed by atoms with van der Waals surface area (Å²) in [7, 11) is 0. The van der Waals surface area contributed by atoms with Crippen LogP contribution in [0.25, 0.3) is 0 Å². The zero-order valence-corrected chi connectivity index (χ0v) is 13.1. The van der Waals surface area contributed by atoms with Crippen LogP contribution >= 0.6 is 24.8 Å². The highest BCUT2D eigenvalue weighted by Crippen LogP contribution is 2.27. The van der Waals surface area contributed by atoms with Crippen LogP contribution < -0.4 is 5.32 Å². The van der Waals surface area contributed by atoms with Crippen LogP contribution in [0.15, 0.2) is 24.3 Å². The number of non-ortho nitro benzene ring substituents is 1.